The zero-order valence-corrected chi connectivity index (χ0v) is 12.7. The first-order chi connectivity index (χ1) is 10.3. The smallest absolute Gasteiger partial charge is 0.260 e. The summed E-state index contributed by atoms with van der Waals surface area (Å²) in [7, 11) is 0. The highest BCUT2D eigenvalue weighted by Crippen LogP contribution is 2.34. The maximum atomic E-state index is 12.5. The SMILES string of the molecule is CCn1nccc1-c1nc2sc3c(c2c(=O)[nH]1)CCCC3. The van der Waals surface area contributed by atoms with Crippen molar-refractivity contribution >= 4 is 21.6 Å². The highest BCUT2D eigenvalue weighted by Gasteiger charge is 2.20. The molecule has 0 saturated heterocycles. The topological polar surface area (TPSA) is 63.6 Å². The lowest BCUT2D eigenvalue weighted by atomic mass is 9.97. The van der Waals surface area contributed by atoms with Crippen LogP contribution in [0.5, 0.6) is 0 Å². The van der Waals surface area contributed by atoms with Crippen LogP contribution in [0.4, 0.5) is 0 Å². The Labute approximate surface area is 125 Å². The quantitative estimate of drug-likeness (QED) is 0.791. The number of thiophene rings is 1. The Morgan fingerprint density at radius 1 is 1.38 bits per heavy atom. The molecule has 3 heterocycles. The van der Waals surface area contributed by atoms with Crippen LogP contribution in [-0.2, 0) is 19.4 Å². The third-order valence-electron chi connectivity index (χ3n) is 4.08. The number of nitrogens with zero attached hydrogens (tertiary/aromatic N) is 3. The molecule has 108 valence electrons. The van der Waals surface area contributed by atoms with Crippen LogP contribution in [0.1, 0.15) is 30.2 Å². The average molecular weight is 300 g/mol. The zero-order chi connectivity index (χ0) is 14.4. The van der Waals surface area contributed by atoms with E-state index in [0.29, 0.717) is 5.82 Å². The number of aromatic amines is 1. The summed E-state index contributed by atoms with van der Waals surface area (Å²) in [6, 6.07) is 1.89. The second-order valence-corrected chi connectivity index (χ2v) is 6.42. The lowest BCUT2D eigenvalue weighted by Gasteiger charge is -2.09. The Balaban J connectivity index is 1.96. The minimum absolute atomic E-state index is 0.0155. The summed E-state index contributed by atoms with van der Waals surface area (Å²) in [6.45, 7) is 2.78. The number of fused-ring (bicyclic) bond motifs is 3. The summed E-state index contributed by atoms with van der Waals surface area (Å²) in [5.41, 5.74) is 2.08. The third kappa shape index (κ3) is 1.93. The van der Waals surface area contributed by atoms with Gasteiger partial charge in [-0.05, 0) is 44.2 Å². The molecular weight excluding hydrogens is 284 g/mol. The second kappa shape index (κ2) is 4.80. The first-order valence-corrected chi connectivity index (χ1v) is 8.16. The third-order valence-corrected chi connectivity index (χ3v) is 5.27. The van der Waals surface area contributed by atoms with Crippen molar-refractivity contribution in [3.05, 3.63) is 33.1 Å². The molecule has 0 fully saturated rings. The second-order valence-electron chi connectivity index (χ2n) is 5.34. The van der Waals surface area contributed by atoms with Crippen LogP contribution < -0.4 is 5.56 Å². The van der Waals surface area contributed by atoms with Gasteiger partial charge in [0, 0.05) is 17.6 Å². The van der Waals surface area contributed by atoms with Gasteiger partial charge < -0.3 is 4.98 Å². The molecule has 0 amide bonds. The Morgan fingerprint density at radius 3 is 3.10 bits per heavy atom. The fourth-order valence-electron chi connectivity index (χ4n) is 3.07. The van der Waals surface area contributed by atoms with Crippen molar-refractivity contribution in [3.8, 4) is 11.5 Å². The Bertz CT molecular complexity index is 874. The molecular formula is C15H16N4OS. The highest BCUT2D eigenvalue weighted by atomic mass is 32.1. The van der Waals surface area contributed by atoms with Crippen LogP contribution in [0.25, 0.3) is 21.7 Å². The van der Waals surface area contributed by atoms with Crippen LogP contribution in [0.2, 0.25) is 0 Å². The maximum Gasteiger partial charge on any atom is 0.260 e. The van der Waals surface area contributed by atoms with E-state index in [1.54, 1.807) is 17.5 Å². The van der Waals surface area contributed by atoms with Crippen molar-refractivity contribution in [2.75, 3.05) is 0 Å². The number of nitrogens with one attached hydrogen (secondary N) is 1. The van der Waals surface area contributed by atoms with Crippen molar-refractivity contribution in [2.45, 2.75) is 39.2 Å². The van der Waals surface area contributed by atoms with Gasteiger partial charge in [-0.1, -0.05) is 0 Å². The summed E-state index contributed by atoms with van der Waals surface area (Å²) in [6.07, 6.45) is 6.21. The largest absolute Gasteiger partial charge is 0.305 e. The van der Waals surface area contributed by atoms with E-state index in [1.807, 2.05) is 17.7 Å². The maximum absolute atomic E-state index is 12.5. The molecule has 21 heavy (non-hydrogen) atoms. The predicted molar refractivity (Wildman–Crippen MR) is 83.8 cm³/mol. The van der Waals surface area contributed by atoms with E-state index in [1.165, 1.54) is 23.3 Å². The number of hydrogen-bond donors (Lipinski definition) is 1. The van der Waals surface area contributed by atoms with Gasteiger partial charge in [0.2, 0.25) is 0 Å². The normalized spacial score (nSPS) is 14.5. The molecule has 1 aliphatic rings. The number of H-pyrrole nitrogens is 1. The average Bonchev–Trinajstić information content (AvgIpc) is 3.10. The van der Waals surface area contributed by atoms with E-state index in [9.17, 15) is 4.79 Å². The molecule has 0 atom stereocenters. The van der Waals surface area contributed by atoms with Crippen molar-refractivity contribution in [3.63, 3.8) is 0 Å². The number of rotatable bonds is 2. The van der Waals surface area contributed by atoms with Crippen LogP contribution in [-0.4, -0.2) is 19.7 Å². The fourth-order valence-corrected chi connectivity index (χ4v) is 4.33. The molecule has 0 aliphatic heterocycles. The molecule has 1 aliphatic carbocycles. The lowest BCUT2D eigenvalue weighted by Crippen LogP contribution is -2.12. The summed E-state index contributed by atoms with van der Waals surface area (Å²) >= 11 is 1.68. The van der Waals surface area contributed by atoms with E-state index in [0.717, 1.165) is 35.3 Å². The molecule has 0 unspecified atom stereocenters. The van der Waals surface area contributed by atoms with E-state index in [-0.39, 0.29) is 5.56 Å². The van der Waals surface area contributed by atoms with Gasteiger partial charge in [0.1, 0.15) is 10.5 Å². The molecule has 0 saturated carbocycles. The van der Waals surface area contributed by atoms with Gasteiger partial charge in [-0.3, -0.25) is 9.48 Å². The van der Waals surface area contributed by atoms with Crippen molar-refractivity contribution in [1.82, 2.24) is 19.7 Å². The Morgan fingerprint density at radius 2 is 2.24 bits per heavy atom. The highest BCUT2D eigenvalue weighted by molar-refractivity contribution is 7.18. The monoisotopic (exact) mass is 300 g/mol. The number of hydrogen-bond acceptors (Lipinski definition) is 4. The standard InChI is InChI=1S/C15H16N4OS/c1-2-19-10(7-8-16-19)13-17-14(20)12-9-5-3-4-6-11(9)21-15(12)18-13/h7-8H,2-6H2,1H3,(H,17,18,20). The van der Waals surface area contributed by atoms with Gasteiger partial charge >= 0.3 is 0 Å². The molecule has 5 nitrogen and oxygen atoms in total. The molecule has 3 aromatic heterocycles. The lowest BCUT2D eigenvalue weighted by molar-refractivity contribution is 0.664. The zero-order valence-electron chi connectivity index (χ0n) is 11.8. The van der Waals surface area contributed by atoms with Gasteiger partial charge in [-0.2, -0.15) is 5.10 Å². The van der Waals surface area contributed by atoms with Gasteiger partial charge in [-0.25, -0.2) is 4.98 Å². The molecule has 0 spiro atoms. The predicted octanol–water partition coefficient (Wildman–Crippen LogP) is 2.75. The summed E-state index contributed by atoms with van der Waals surface area (Å²) in [5.74, 6) is 0.616. The summed E-state index contributed by atoms with van der Waals surface area (Å²) in [5, 5.41) is 5.05. The van der Waals surface area contributed by atoms with Crippen LogP contribution in [0.3, 0.4) is 0 Å². The fraction of sp³-hybridized carbons (Fsp3) is 0.400. The van der Waals surface area contributed by atoms with E-state index in [2.05, 4.69) is 10.1 Å². The Hall–Kier alpha value is -1.95. The van der Waals surface area contributed by atoms with Gasteiger partial charge in [0.05, 0.1) is 5.39 Å². The first-order valence-electron chi connectivity index (χ1n) is 7.34. The molecule has 1 N–H and O–H groups in total. The summed E-state index contributed by atoms with van der Waals surface area (Å²) in [4.78, 5) is 22.4. The van der Waals surface area contributed by atoms with Crippen molar-refractivity contribution in [1.29, 1.82) is 0 Å². The van der Waals surface area contributed by atoms with Gasteiger partial charge in [0.25, 0.3) is 5.56 Å². The molecule has 0 bridgehead atoms. The first kappa shape index (κ1) is 12.8. The van der Waals surface area contributed by atoms with Gasteiger partial charge in [-0.15, -0.1) is 11.3 Å². The van der Waals surface area contributed by atoms with Crippen LogP contribution in [0.15, 0.2) is 17.1 Å². The van der Waals surface area contributed by atoms with E-state index in [4.69, 9.17) is 4.98 Å². The molecule has 4 rings (SSSR count). The molecule has 3 aromatic rings. The molecule has 6 heteroatoms. The Kier molecular flexibility index (Phi) is 2.92. The van der Waals surface area contributed by atoms with Crippen LogP contribution >= 0.6 is 11.3 Å². The van der Waals surface area contributed by atoms with Crippen molar-refractivity contribution < 1.29 is 0 Å². The minimum Gasteiger partial charge on any atom is -0.305 e. The summed E-state index contributed by atoms with van der Waals surface area (Å²) < 4.78 is 1.84. The van der Waals surface area contributed by atoms with E-state index >= 15 is 0 Å². The number of aromatic nitrogens is 4. The molecule has 0 aromatic carbocycles. The minimum atomic E-state index is -0.0155. The van der Waals surface area contributed by atoms with Crippen molar-refractivity contribution in [2.24, 2.45) is 0 Å². The molecule has 0 radical (unpaired) electrons. The van der Waals surface area contributed by atoms with Gasteiger partial charge in [0.15, 0.2) is 5.82 Å². The van der Waals surface area contributed by atoms with Crippen LogP contribution in [0, 0.1) is 0 Å². The van der Waals surface area contributed by atoms with E-state index < -0.39 is 0 Å². The number of aryl methyl sites for hydroxylation is 3.